The largest absolute Gasteiger partial charge is 0.393 e. The molecule has 5 N–H and O–H groups in total. The average Bonchev–Trinajstić information content (AvgIpc) is 3.03. The van der Waals surface area contributed by atoms with Crippen molar-refractivity contribution in [1.82, 2.24) is 19.6 Å². The first-order valence-electron chi connectivity index (χ1n) is 6.36. The summed E-state index contributed by atoms with van der Waals surface area (Å²) in [6.45, 7) is -1.41. The van der Waals surface area contributed by atoms with Gasteiger partial charge in [0.15, 0.2) is 23.2 Å². The van der Waals surface area contributed by atoms with Gasteiger partial charge in [0.25, 0.3) is 6.43 Å². The van der Waals surface area contributed by atoms with E-state index >= 15 is 0 Å². The van der Waals surface area contributed by atoms with Gasteiger partial charge in [-0.05, 0) is 0 Å². The van der Waals surface area contributed by atoms with E-state index in [2.05, 4.69) is 15.1 Å². The topological polar surface area (TPSA) is 139 Å². The van der Waals surface area contributed by atoms with Crippen LogP contribution >= 0.6 is 0 Å². The lowest BCUT2D eigenvalue weighted by atomic mass is 9.95. The van der Waals surface area contributed by atoms with Gasteiger partial charge in [0.05, 0.1) is 12.8 Å². The Bertz CT molecular complexity index is 746. The molecule has 1 saturated heterocycles. The number of aromatic nitrogens is 4. The van der Waals surface area contributed by atoms with E-state index < -0.39 is 42.4 Å². The van der Waals surface area contributed by atoms with Crippen LogP contribution in [0.4, 0.5) is 19.0 Å². The van der Waals surface area contributed by atoms with Crippen molar-refractivity contribution >= 4 is 11.5 Å². The van der Waals surface area contributed by atoms with Crippen molar-refractivity contribution in [3.8, 4) is 0 Å². The van der Waals surface area contributed by atoms with E-state index in [0.29, 0.717) is 0 Å². The second-order valence-corrected chi connectivity index (χ2v) is 5.08. The smallest absolute Gasteiger partial charge is 0.272 e. The molecule has 0 saturated carbocycles. The Balaban J connectivity index is 2.16. The molecule has 2 aromatic rings. The van der Waals surface area contributed by atoms with E-state index in [1.54, 1.807) is 0 Å². The summed E-state index contributed by atoms with van der Waals surface area (Å²) in [7, 11) is 0. The van der Waals surface area contributed by atoms with Crippen molar-refractivity contribution < 1.29 is 33.2 Å². The first kappa shape index (κ1) is 15.9. The summed E-state index contributed by atoms with van der Waals surface area (Å²) >= 11 is 0. The number of halogens is 3. The number of rotatable bonds is 3. The molecule has 0 bridgehead atoms. The van der Waals surface area contributed by atoms with E-state index in [9.17, 15) is 23.4 Å². The number of anilines is 1. The van der Waals surface area contributed by atoms with Crippen LogP contribution in [0, 0.1) is 0 Å². The lowest BCUT2D eigenvalue weighted by Crippen LogP contribution is -2.51. The number of hydrogen-bond acceptors (Lipinski definition) is 8. The van der Waals surface area contributed by atoms with Gasteiger partial charge >= 0.3 is 0 Å². The Morgan fingerprint density at radius 1 is 1.43 bits per heavy atom. The fourth-order valence-corrected chi connectivity index (χ4v) is 2.51. The third-order valence-electron chi connectivity index (χ3n) is 3.81. The van der Waals surface area contributed by atoms with Crippen LogP contribution in [-0.2, 0) is 10.5 Å². The van der Waals surface area contributed by atoms with Crippen molar-refractivity contribution in [3.63, 3.8) is 0 Å². The second kappa shape index (κ2) is 4.99. The number of alkyl halides is 3. The second-order valence-electron chi connectivity index (χ2n) is 5.08. The summed E-state index contributed by atoms with van der Waals surface area (Å²) in [5, 5.41) is 33.0. The van der Waals surface area contributed by atoms with Crippen LogP contribution in [0.1, 0.15) is 5.69 Å². The zero-order valence-electron chi connectivity index (χ0n) is 11.3. The summed E-state index contributed by atoms with van der Waals surface area (Å²) < 4.78 is 46.4. The van der Waals surface area contributed by atoms with Crippen molar-refractivity contribution in [2.45, 2.75) is 30.1 Å². The normalized spacial score (nSPS) is 34.6. The Morgan fingerprint density at radius 3 is 2.70 bits per heavy atom. The maximum absolute atomic E-state index is 14.4. The summed E-state index contributed by atoms with van der Waals surface area (Å²) in [5.41, 5.74) is 2.00. The van der Waals surface area contributed by atoms with E-state index in [0.717, 1.165) is 17.0 Å². The number of nitrogen functional groups attached to an aromatic ring is 1. The minimum Gasteiger partial charge on any atom is -0.393 e. The molecule has 1 fully saturated rings. The van der Waals surface area contributed by atoms with Gasteiger partial charge in [-0.3, -0.25) is 0 Å². The zero-order valence-corrected chi connectivity index (χ0v) is 11.3. The molecule has 0 spiro atoms. The van der Waals surface area contributed by atoms with Crippen LogP contribution in [0.15, 0.2) is 12.5 Å². The third-order valence-corrected chi connectivity index (χ3v) is 3.81. The molecule has 2 aromatic heterocycles. The highest BCUT2D eigenvalue weighted by Crippen LogP contribution is 2.47. The lowest BCUT2D eigenvalue weighted by Gasteiger charge is -2.29. The number of fused-ring (bicyclic) bond motifs is 1. The number of imidazole rings is 1. The quantitative estimate of drug-likeness (QED) is 0.536. The molecule has 3 rings (SSSR count). The van der Waals surface area contributed by atoms with Gasteiger partial charge in [0, 0.05) is 0 Å². The maximum Gasteiger partial charge on any atom is 0.272 e. The molecule has 1 aliphatic rings. The molecule has 0 amide bonds. The highest BCUT2D eigenvalue weighted by atomic mass is 19.3. The Kier molecular flexibility index (Phi) is 3.44. The molecule has 0 radical (unpaired) electrons. The molecular formula is C11H12F3N5O4. The first-order chi connectivity index (χ1) is 10.8. The van der Waals surface area contributed by atoms with Gasteiger partial charge in [-0.25, -0.2) is 27.7 Å². The molecular weight excluding hydrogens is 323 g/mol. The van der Waals surface area contributed by atoms with E-state index in [1.165, 1.54) is 0 Å². The molecule has 126 valence electrons. The van der Waals surface area contributed by atoms with Gasteiger partial charge in [-0.15, -0.1) is 0 Å². The van der Waals surface area contributed by atoms with E-state index in [4.69, 9.17) is 15.6 Å². The van der Waals surface area contributed by atoms with Crippen LogP contribution in [0.5, 0.6) is 0 Å². The Hall–Kier alpha value is -2.02. The predicted molar refractivity (Wildman–Crippen MR) is 66.9 cm³/mol. The maximum atomic E-state index is 14.4. The number of nitrogens with two attached hydrogens (primary N) is 1. The van der Waals surface area contributed by atoms with Crippen molar-refractivity contribution in [3.05, 3.63) is 18.2 Å². The SMILES string of the molecule is Nc1ncnn2c([C@]3(O)O[C@@](CO)(C(F)F)[C@@H](O)[C@H]3F)cnc12. The lowest BCUT2D eigenvalue weighted by molar-refractivity contribution is -0.284. The molecule has 3 heterocycles. The van der Waals surface area contributed by atoms with Gasteiger partial charge in [-0.2, -0.15) is 5.10 Å². The summed E-state index contributed by atoms with van der Waals surface area (Å²) in [5.74, 6) is -3.12. The van der Waals surface area contributed by atoms with E-state index in [1.807, 2.05) is 0 Å². The average molecular weight is 335 g/mol. The van der Waals surface area contributed by atoms with Crippen LogP contribution in [-0.4, -0.2) is 65.8 Å². The highest BCUT2D eigenvalue weighted by Gasteiger charge is 2.68. The molecule has 0 aromatic carbocycles. The van der Waals surface area contributed by atoms with Gasteiger partial charge in [0.1, 0.15) is 18.1 Å². The number of aliphatic hydroxyl groups excluding tert-OH is 2. The molecule has 4 atom stereocenters. The third kappa shape index (κ3) is 1.92. The molecule has 1 aliphatic heterocycles. The van der Waals surface area contributed by atoms with Crippen LogP contribution in [0.2, 0.25) is 0 Å². The fraction of sp³-hybridized carbons (Fsp3) is 0.545. The van der Waals surface area contributed by atoms with Crippen molar-refractivity contribution in [2.24, 2.45) is 0 Å². The molecule has 0 aliphatic carbocycles. The monoisotopic (exact) mass is 335 g/mol. The van der Waals surface area contributed by atoms with Gasteiger partial charge in [0.2, 0.25) is 5.79 Å². The minimum absolute atomic E-state index is 0.0697. The van der Waals surface area contributed by atoms with Crippen LogP contribution in [0.3, 0.4) is 0 Å². The van der Waals surface area contributed by atoms with Crippen LogP contribution in [0.25, 0.3) is 5.65 Å². The van der Waals surface area contributed by atoms with Crippen molar-refractivity contribution in [2.75, 3.05) is 12.3 Å². The summed E-state index contributed by atoms with van der Waals surface area (Å²) in [4.78, 5) is 7.40. The Morgan fingerprint density at radius 2 is 2.13 bits per heavy atom. The predicted octanol–water partition coefficient (Wildman–Crippen LogP) is -1.42. The first-order valence-corrected chi connectivity index (χ1v) is 6.36. The van der Waals surface area contributed by atoms with E-state index in [-0.39, 0.29) is 11.5 Å². The number of hydrogen-bond donors (Lipinski definition) is 4. The van der Waals surface area contributed by atoms with Gasteiger partial charge in [-0.1, -0.05) is 0 Å². The molecule has 12 heteroatoms. The Labute approximate surface area is 126 Å². The van der Waals surface area contributed by atoms with Crippen molar-refractivity contribution in [1.29, 1.82) is 0 Å². The minimum atomic E-state index is -3.46. The van der Waals surface area contributed by atoms with Gasteiger partial charge < -0.3 is 25.8 Å². The molecule has 23 heavy (non-hydrogen) atoms. The zero-order chi connectivity index (χ0) is 17.0. The van der Waals surface area contributed by atoms with Crippen LogP contribution < -0.4 is 5.73 Å². The molecule has 9 nitrogen and oxygen atoms in total. The standard InChI is InChI=1S/C11H12F3N5O4/c12-5-6(21)10(2-20,9(13)14)23-11(5,22)4-1-16-8-7(15)17-3-18-19(4)8/h1,3,5-6,9,20-22H,2H2,(H2,15,17,18)/t5-,6+,10-,11+/m1/s1. The summed E-state index contributed by atoms with van der Waals surface area (Å²) in [6.07, 6.45) is -6.77. The fourth-order valence-electron chi connectivity index (χ4n) is 2.51. The number of aliphatic hydroxyl groups is 3. The molecule has 0 unspecified atom stereocenters. The summed E-state index contributed by atoms with van der Waals surface area (Å²) in [6, 6.07) is 0. The number of ether oxygens (including phenoxy) is 1. The highest BCUT2D eigenvalue weighted by molar-refractivity contribution is 5.59. The number of nitrogens with zero attached hydrogens (tertiary/aromatic N) is 4.